The second-order valence-electron chi connectivity index (χ2n) is 7.99. The lowest BCUT2D eigenvalue weighted by Gasteiger charge is -2.31. The van der Waals surface area contributed by atoms with E-state index in [1.165, 1.54) is 0 Å². The van der Waals surface area contributed by atoms with E-state index in [-0.39, 0.29) is 11.7 Å². The molecule has 1 fully saturated rings. The number of Topliss-reactive ketones (excluding diaryl/α,β-unsaturated/α-hetero) is 1. The minimum Gasteiger partial charge on any atom is -0.300 e. The molecule has 0 spiro atoms. The number of nitrogens with zero attached hydrogens (tertiary/aromatic N) is 5. The van der Waals surface area contributed by atoms with Gasteiger partial charge in [-0.1, -0.05) is 0 Å². The molecule has 7 heteroatoms. The van der Waals surface area contributed by atoms with Crippen molar-refractivity contribution in [1.82, 2.24) is 24.6 Å². The van der Waals surface area contributed by atoms with Crippen molar-refractivity contribution in [3.05, 3.63) is 42.6 Å². The molecule has 0 amide bonds. The highest BCUT2D eigenvalue weighted by Gasteiger charge is 2.25. The van der Waals surface area contributed by atoms with Gasteiger partial charge >= 0.3 is 0 Å². The highest BCUT2D eigenvalue weighted by molar-refractivity contribution is 5.87. The Labute approximate surface area is 169 Å². The molecule has 6 nitrogen and oxygen atoms in total. The van der Waals surface area contributed by atoms with E-state index in [9.17, 15) is 9.18 Å². The summed E-state index contributed by atoms with van der Waals surface area (Å²) < 4.78 is 14.9. The van der Waals surface area contributed by atoms with Gasteiger partial charge < -0.3 is 4.90 Å². The second-order valence-corrected chi connectivity index (χ2v) is 7.99. The molecule has 0 aliphatic carbocycles. The molecule has 0 radical (unpaired) electrons. The van der Waals surface area contributed by atoms with E-state index in [4.69, 9.17) is 0 Å². The molecule has 0 N–H and O–H groups in total. The van der Waals surface area contributed by atoms with E-state index in [1.54, 1.807) is 30.2 Å². The fourth-order valence-electron chi connectivity index (χ4n) is 4.01. The number of alkyl halides is 1. The van der Waals surface area contributed by atoms with Gasteiger partial charge in [0.05, 0.1) is 11.9 Å². The quantitative estimate of drug-likeness (QED) is 0.641. The van der Waals surface area contributed by atoms with E-state index in [2.05, 4.69) is 20.0 Å². The zero-order valence-corrected chi connectivity index (χ0v) is 16.9. The first kappa shape index (κ1) is 19.6. The molecule has 0 unspecified atom stereocenters. The first-order valence-electron chi connectivity index (χ1n) is 10.1. The zero-order valence-electron chi connectivity index (χ0n) is 16.9. The van der Waals surface area contributed by atoms with Gasteiger partial charge in [0.15, 0.2) is 0 Å². The SMILES string of the molecule is C[C@@H](F)CN1CCC(C(=O)Cc2cc3cc(-c4cnn(C)c4)ncc3cn2)CC1. The maximum Gasteiger partial charge on any atom is 0.142 e. The number of piperidine rings is 1. The van der Waals surface area contributed by atoms with Crippen LogP contribution < -0.4 is 0 Å². The number of ketones is 1. The highest BCUT2D eigenvalue weighted by atomic mass is 19.1. The third-order valence-electron chi connectivity index (χ3n) is 5.57. The Morgan fingerprint density at radius 2 is 1.93 bits per heavy atom. The summed E-state index contributed by atoms with van der Waals surface area (Å²) in [6, 6.07) is 3.99. The van der Waals surface area contributed by atoms with E-state index >= 15 is 0 Å². The van der Waals surface area contributed by atoms with Crippen LogP contribution in [0.25, 0.3) is 22.0 Å². The summed E-state index contributed by atoms with van der Waals surface area (Å²) in [6.45, 7) is 3.62. The minimum atomic E-state index is -0.824. The maximum absolute atomic E-state index is 13.2. The molecule has 4 heterocycles. The molecular weight excluding hydrogens is 369 g/mol. The summed E-state index contributed by atoms with van der Waals surface area (Å²) in [4.78, 5) is 23.8. The van der Waals surface area contributed by atoms with E-state index in [1.807, 2.05) is 25.4 Å². The van der Waals surface area contributed by atoms with Gasteiger partial charge in [0.1, 0.15) is 12.0 Å². The van der Waals surface area contributed by atoms with E-state index in [0.29, 0.717) is 13.0 Å². The van der Waals surface area contributed by atoms with Gasteiger partial charge in [0.2, 0.25) is 0 Å². The van der Waals surface area contributed by atoms with Crippen molar-refractivity contribution in [2.45, 2.75) is 32.4 Å². The zero-order chi connectivity index (χ0) is 20.4. The Kier molecular flexibility index (Phi) is 5.67. The Hall–Kier alpha value is -2.67. The Morgan fingerprint density at radius 1 is 1.17 bits per heavy atom. The van der Waals surface area contributed by atoms with Crippen LogP contribution in [0, 0.1) is 5.92 Å². The van der Waals surface area contributed by atoms with Crippen LogP contribution in [0.2, 0.25) is 0 Å². The molecular formula is C22H26FN5O. The minimum absolute atomic E-state index is 0.0436. The van der Waals surface area contributed by atoms with Gasteiger partial charge in [0, 0.05) is 61.2 Å². The number of aromatic nitrogens is 4. The number of carbonyl (C=O) groups is 1. The van der Waals surface area contributed by atoms with Crippen LogP contribution in [0.15, 0.2) is 36.9 Å². The number of halogens is 1. The van der Waals surface area contributed by atoms with Gasteiger partial charge in [-0.15, -0.1) is 0 Å². The molecule has 0 saturated carbocycles. The first-order chi connectivity index (χ1) is 14.0. The van der Waals surface area contributed by atoms with Crippen molar-refractivity contribution in [3.8, 4) is 11.3 Å². The predicted octanol–water partition coefficient (Wildman–Crippen LogP) is 3.21. The lowest BCUT2D eigenvalue weighted by molar-refractivity contribution is -0.123. The third-order valence-corrected chi connectivity index (χ3v) is 5.57. The third kappa shape index (κ3) is 4.67. The summed E-state index contributed by atoms with van der Waals surface area (Å²) >= 11 is 0. The number of likely N-dealkylation sites (tertiary alicyclic amines) is 1. The number of pyridine rings is 2. The standard InChI is InChI=1S/C22H26FN5O/c1-15(23)13-28-5-3-16(4-6-28)22(29)9-20-7-17-8-21(19-12-26-27(2)14-19)25-11-18(17)10-24-20/h7-8,10-12,14-16H,3-6,9,13H2,1-2H3/t15-/m1/s1. The van der Waals surface area contributed by atoms with Gasteiger partial charge in [-0.05, 0) is 50.4 Å². The van der Waals surface area contributed by atoms with Crippen molar-refractivity contribution in [2.24, 2.45) is 13.0 Å². The average Bonchev–Trinajstić information content (AvgIpc) is 3.14. The lowest BCUT2D eigenvalue weighted by Crippen LogP contribution is -2.39. The maximum atomic E-state index is 13.2. The highest BCUT2D eigenvalue weighted by Crippen LogP contribution is 2.23. The molecule has 29 heavy (non-hydrogen) atoms. The van der Waals surface area contributed by atoms with Gasteiger partial charge in [-0.25, -0.2) is 4.39 Å². The van der Waals surface area contributed by atoms with E-state index in [0.717, 1.165) is 53.7 Å². The molecule has 0 aromatic carbocycles. The molecule has 1 saturated heterocycles. The molecule has 3 aromatic heterocycles. The molecule has 1 aliphatic heterocycles. The fraction of sp³-hybridized carbons (Fsp3) is 0.455. The largest absolute Gasteiger partial charge is 0.300 e. The second kappa shape index (κ2) is 8.37. The van der Waals surface area contributed by atoms with E-state index < -0.39 is 6.17 Å². The topological polar surface area (TPSA) is 63.9 Å². The van der Waals surface area contributed by atoms with Crippen molar-refractivity contribution >= 4 is 16.6 Å². The number of hydrogen-bond donors (Lipinski definition) is 0. The fourth-order valence-corrected chi connectivity index (χ4v) is 4.01. The van der Waals surface area contributed by atoms with Crippen LogP contribution in [0.5, 0.6) is 0 Å². The van der Waals surface area contributed by atoms with Crippen LogP contribution in [0.4, 0.5) is 4.39 Å². The lowest BCUT2D eigenvalue weighted by atomic mass is 9.90. The van der Waals surface area contributed by atoms with Crippen molar-refractivity contribution < 1.29 is 9.18 Å². The molecule has 1 atom stereocenters. The number of rotatable bonds is 6. The van der Waals surface area contributed by atoms with Crippen LogP contribution in [-0.4, -0.2) is 56.2 Å². The molecule has 152 valence electrons. The molecule has 4 rings (SSSR count). The Morgan fingerprint density at radius 3 is 2.62 bits per heavy atom. The predicted molar refractivity (Wildman–Crippen MR) is 110 cm³/mol. The van der Waals surface area contributed by atoms with Gasteiger partial charge in [-0.3, -0.25) is 19.4 Å². The Balaban J connectivity index is 1.44. The monoisotopic (exact) mass is 395 g/mol. The van der Waals surface area contributed by atoms with Crippen LogP contribution in [0.1, 0.15) is 25.5 Å². The average molecular weight is 395 g/mol. The van der Waals surface area contributed by atoms with Gasteiger partial charge in [-0.2, -0.15) is 5.10 Å². The summed E-state index contributed by atoms with van der Waals surface area (Å²) in [5.74, 6) is 0.272. The smallest absolute Gasteiger partial charge is 0.142 e. The van der Waals surface area contributed by atoms with Crippen molar-refractivity contribution in [2.75, 3.05) is 19.6 Å². The molecule has 3 aromatic rings. The number of hydrogen-bond acceptors (Lipinski definition) is 5. The summed E-state index contributed by atoms with van der Waals surface area (Å²) in [5, 5.41) is 6.16. The summed E-state index contributed by atoms with van der Waals surface area (Å²) in [7, 11) is 1.88. The van der Waals surface area contributed by atoms with Gasteiger partial charge in [0.25, 0.3) is 0 Å². The number of carbonyl (C=O) groups excluding carboxylic acids is 1. The van der Waals surface area contributed by atoms with Crippen molar-refractivity contribution in [3.63, 3.8) is 0 Å². The molecule has 1 aliphatic rings. The Bertz CT molecular complexity index is 1010. The summed E-state index contributed by atoms with van der Waals surface area (Å²) in [6.07, 6.45) is 8.41. The van der Waals surface area contributed by atoms with Crippen LogP contribution in [0.3, 0.4) is 0 Å². The van der Waals surface area contributed by atoms with Crippen LogP contribution in [-0.2, 0) is 18.3 Å². The number of fused-ring (bicyclic) bond motifs is 1. The first-order valence-corrected chi connectivity index (χ1v) is 10.1. The van der Waals surface area contributed by atoms with Crippen molar-refractivity contribution in [1.29, 1.82) is 0 Å². The normalized spacial score (nSPS) is 16.9. The van der Waals surface area contributed by atoms with Crippen LogP contribution >= 0.6 is 0 Å². The molecule has 0 bridgehead atoms. The number of aryl methyl sites for hydroxylation is 1. The summed E-state index contributed by atoms with van der Waals surface area (Å²) in [5.41, 5.74) is 2.59.